The van der Waals surface area contributed by atoms with E-state index >= 15 is 0 Å². The van der Waals surface area contributed by atoms with Crippen molar-refractivity contribution in [3.05, 3.63) is 0 Å². The highest BCUT2D eigenvalue weighted by Gasteiger charge is 2.28. The topological polar surface area (TPSA) is 49.8 Å². The van der Waals surface area contributed by atoms with E-state index in [0.717, 1.165) is 6.54 Å². The number of Topliss-reactive ketones (excluding diaryl/α,β-unsaturated/α-hetero) is 1. The molecule has 1 atom stereocenters. The van der Waals surface area contributed by atoms with Gasteiger partial charge in [-0.1, -0.05) is 20.8 Å². The first-order valence-corrected chi connectivity index (χ1v) is 5.41. The van der Waals surface area contributed by atoms with E-state index in [1.807, 2.05) is 25.7 Å². The standard InChI is InChI=1S/C11H21NO3/c1-11(2,3)10(14)6-12-4-5-15-8-9(12)7-13/h9,13H,4-8H2,1-3H3. The van der Waals surface area contributed by atoms with Crippen LogP contribution in [0.1, 0.15) is 20.8 Å². The van der Waals surface area contributed by atoms with Gasteiger partial charge < -0.3 is 9.84 Å². The third-order valence-electron chi connectivity index (χ3n) is 2.74. The van der Waals surface area contributed by atoms with Crippen LogP contribution in [0.4, 0.5) is 0 Å². The molecule has 0 amide bonds. The van der Waals surface area contributed by atoms with E-state index in [4.69, 9.17) is 9.84 Å². The Morgan fingerprint density at radius 1 is 1.53 bits per heavy atom. The van der Waals surface area contributed by atoms with Crippen LogP contribution in [-0.2, 0) is 9.53 Å². The molecule has 0 spiro atoms. The van der Waals surface area contributed by atoms with Gasteiger partial charge in [0, 0.05) is 12.0 Å². The minimum absolute atomic E-state index is 0.0231. The lowest BCUT2D eigenvalue weighted by molar-refractivity contribution is -0.130. The molecule has 88 valence electrons. The molecule has 1 aliphatic rings. The summed E-state index contributed by atoms with van der Waals surface area (Å²) in [5.74, 6) is 0.211. The Morgan fingerprint density at radius 3 is 2.73 bits per heavy atom. The number of aliphatic hydroxyl groups is 1. The van der Waals surface area contributed by atoms with E-state index in [9.17, 15) is 4.79 Å². The Bertz CT molecular complexity index is 222. The summed E-state index contributed by atoms with van der Waals surface area (Å²) in [6.45, 7) is 8.13. The zero-order valence-corrected chi connectivity index (χ0v) is 9.82. The molecule has 0 bridgehead atoms. The molecule has 1 N–H and O–H groups in total. The predicted octanol–water partition coefficient (Wildman–Crippen LogP) is 0.295. The summed E-state index contributed by atoms with van der Waals surface area (Å²) in [6, 6.07) is -0.0231. The Balaban J connectivity index is 2.52. The summed E-state index contributed by atoms with van der Waals surface area (Å²) in [5, 5.41) is 9.14. The van der Waals surface area contributed by atoms with Gasteiger partial charge in [0.2, 0.25) is 0 Å². The van der Waals surface area contributed by atoms with Gasteiger partial charge in [0.25, 0.3) is 0 Å². The quantitative estimate of drug-likeness (QED) is 0.735. The van der Waals surface area contributed by atoms with E-state index in [1.54, 1.807) is 0 Å². The second kappa shape index (κ2) is 5.05. The average Bonchev–Trinajstić information content (AvgIpc) is 2.17. The van der Waals surface area contributed by atoms with Crippen molar-refractivity contribution >= 4 is 5.78 Å². The molecule has 4 nitrogen and oxygen atoms in total. The van der Waals surface area contributed by atoms with Crippen molar-refractivity contribution in [1.29, 1.82) is 0 Å². The number of aliphatic hydroxyl groups excluding tert-OH is 1. The van der Waals surface area contributed by atoms with Crippen LogP contribution in [0.2, 0.25) is 0 Å². The molecule has 1 saturated heterocycles. The van der Waals surface area contributed by atoms with Gasteiger partial charge in [-0.05, 0) is 0 Å². The number of hydrogen-bond donors (Lipinski definition) is 1. The monoisotopic (exact) mass is 215 g/mol. The van der Waals surface area contributed by atoms with Crippen LogP contribution in [0.3, 0.4) is 0 Å². The first kappa shape index (κ1) is 12.6. The Labute approximate surface area is 91.2 Å². The van der Waals surface area contributed by atoms with Crippen molar-refractivity contribution in [1.82, 2.24) is 4.90 Å². The minimum atomic E-state index is -0.307. The summed E-state index contributed by atoms with van der Waals surface area (Å²) in [6.07, 6.45) is 0. The minimum Gasteiger partial charge on any atom is -0.395 e. The van der Waals surface area contributed by atoms with Gasteiger partial charge in [-0.15, -0.1) is 0 Å². The Hall–Kier alpha value is -0.450. The van der Waals surface area contributed by atoms with Crippen LogP contribution in [0.25, 0.3) is 0 Å². The van der Waals surface area contributed by atoms with Gasteiger partial charge in [-0.3, -0.25) is 9.69 Å². The highest BCUT2D eigenvalue weighted by atomic mass is 16.5. The maximum absolute atomic E-state index is 11.8. The largest absolute Gasteiger partial charge is 0.395 e. The molecule has 1 aliphatic heterocycles. The Kier molecular flexibility index (Phi) is 4.25. The lowest BCUT2D eigenvalue weighted by Crippen LogP contribution is -2.50. The summed E-state index contributed by atoms with van der Waals surface area (Å²) < 4.78 is 5.26. The van der Waals surface area contributed by atoms with Gasteiger partial charge in [0.05, 0.1) is 32.4 Å². The molecular weight excluding hydrogens is 194 g/mol. The lowest BCUT2D eigenvalue weighted by Gasteiger charge is -2.35. The Morgan fingerprint density at radius 2 is 2.20 bits per heavy atom. The third-order valence-corrected chi connectivity index (χ3v) is 2.74. The fraction of sp³-hybridized carbons (Fsp3) is 0.909. The first-order valence-electron chi connectivity index (χ1n) is 5.41. The summed E-state index contributed by atoms with van der Waals surface area (Å²) in [5.41, 5.74) is -0.307. The molecular formula is C11H21NO3. The number of ether oxygens (including phenoxy) is 1. The predicted molar refractivity (Wildman–Crippen MR) is 57.7 cm³/mol. The maximum atomic E-state index is 11.8. The fourth-order valence-corrected chi connectivity index (χ4v) is 1.49. The van der Waals surface area contributed by atoms with Crippen LogP contribution < -0.4 is 0 Å². The van der Waals surface area contributed by atoms with Crippen LogP contribution >= 0.6 is 0 Å². The molecule has 15 heavy (non-hydrogen) atoms. The molecule has 0 aromatic heterocycles. The van der Waals surface area contributed by atoms with Gasteiger partial charge in [-0.25, -0.2) is 0 Å². The number of carbonyl (C=O) groups is 1. The molecule has 1 heterocycles. The second-order valence-corrected chi connectivity index (χ2v) is 5.05. The van der Waals surface area contributed by atoms with Crippen molar-refractivity contribution in [2.45, 2.75) is 26.8 Å². The number of ketones is 1. The van der Waals surface area contributed by atoms with Crippen molar-refractivity contribution in [3.63, 3.8) is 0 Å². The summed E-state index contributed by atoms with van der Waals surface area (Å²) >= 11 is 0. The van der Waals surface area contributed by atoms with E-state index < -0.39 is 0 Å². The van der Waals surface area contributed by atoms with Crippen LogP contribution in [0.5, 0.6) is 0 Å². The van der Waals surface area contributed by atoms with Gasteiger partial charge in [0.1, 0.15) is 0 Å². The smallest absolute Gasteiger partial charge is 0.152 e. The van der Waals surface area contributed by atoms with Crippen LogP contribution in [0, 0.1) is 5.41 Å². The van der Waals surface area contributed by atoms with Crippen molar-refractivity contribution in [2.24, 2.45) is 5.41 Å². The molecule has 4 heteroatoms. The van der Waals surface area contributed by atoms with E-state index in [-0.39, 0.29) is 23.8 Å². The highest BCUT2D eigenvalue weighted by molar-refractivity contribution is 5.85. The van der Waals surface area contributed by atoms with Gasteiger partial charge >= 0.3 is 0 Å². The maximum Gasteiger partial charge on any atom is 0.152 e. The third kappa shape index (κ3) is 3.55. The van der Waals surface area contributed by atoms with Crippen LogP contribution in [0.15, 0.2) is 0 Å². The first-order chi connectivity index (χ1) is 6.95. The van der Waals surface area contributed by atoms with E-state index in [2.05, 4.69) is 0 Å². The highest BCUT2D eigenvalue weighted by Crippen LogP contribution is 2.17. The molecule has 1 unspecified atom stereocenters. The molecule has 0 radical (unpaired) electrons. The van der Waals surface area contributed by atoms with Crippen molar-refractivity contribution < 1.29 is 14.6 Å². The van der Waals surface area contributed by atoms with Gasteiger partial charge in [-0.2, -0.15) is 0 Å². The van der Waals surface area contributed by atoms with E-state index in [1.165, 1.54) is 0 Å². The number of nitrogens with zero attached hydrogens (tertiary/aromatic N) is 1. The molecule has 1 rings (SSSR count). The second-order valence-electron chi connectivity index (χ2n) is 5.05. The molecule has 0 aromatic rings. The van der Waals surface area contributed by atoms with Crippen molar-refractivity contribution in [2.75, 3.05) is 32.9 Å². The number of hydrogen-bond acceptors (Lipinski definition) is 4. The fourth-order valence-electron chi connectivity index (χ4n) is 1.49. The van der Waals surface area contributed by atoms with E-state index in [0.29, 0.717) is 19.8 Å². The lowest BCUT2D eigenvalue weighted by atomic mass is 9.90. The number of carbonyl (C=O) groups excluding carboxylic acids is 1. The molecule has 0 aromatic carbocycles. The zero-order chi connectivity index (χ0) is 11.5. The summed E-state index contributed by atoms with van der Waals surface area (Å²) in [4.78, 5) is 13.8. The van der Waals surface area contributed by atoms with Gasteiger partial charge in [0.15, 0.2) is 5.78 Å². The van der Waals surface area contributed by atoms with Crippen LogP contribution in [-0.4, -0.2) is 54.7 Å². The van der Waals surface area contributed by atoms with Crippen molar-refractivity contribution in [3.8, 4) is 0 Å². The molecule has 0 saturated carbocycles. The zero-order valence-electron chi connectivity index (χ0n) is 9.82. The SMILES string of the molecule is CC(C)(C)C(=O)CN1CCOCC1CO. The molecule has 0 aliphatic carbocycles. The number of morpholine rings is 1. The number of rotatable bonds is 3. The average molecular weight is 215 g/mol. The summed E-state index contributed by atoms with van der Waals surface area (Å²) in [7, 11) is 0. The normalized spacial score (nSPS) is 24.1. The molecule has 1 fully saturated rings.